The predicted molar refractivity (Wildman–Crippen MR) is 75.2 cm³/mol. The first-order chi connectivity index (χ1) is 9.99. The number of carbonyl (C=O) groups is 2. The minimum Gasteiger partial charge on any atom is -0.477 e. The van der Waals surface area contributed by atoms with Crippen LogP contribution in [0.2, 0.25) is 0 Å². The number of carbonyl (C=O) groups excluding carboxylic acids is 1. The smallest absolute Gasteiger partial charge is 0.341 e. The van der Waals surface area contributed by atoms with Gasteiger partial charge in [-0.1, -0.05) is 24.4 Å². The van der Waals surface area contributed by atoms with Crippen molar-refractivity contribution in [2.24, 2.45) is 0 Å². The highest BCUT2D eigenvalue weighted by molar-refractivity contribution is 5.90. The molecule has 1 unspecified atom stereocenters. The quantitative estimate of drug-likeness (QED) is 0.791. The first kappa shape index (κ1) is 15.3. The largest absolute Gasteiger partial charge is 0.477 e. The van der Waals surface area contributed by atoms with Gasteiger partial charge >= 0.3 is 12.0 Å². The molecule has 2 rings (SSSR count). The monoisotopic (exact) mass is 295 g/mol. The van der Waals surface area contributed by atoms with E-state index in [2.05, 4.69) is 15.8 Å². The van der Waals surface area contributed by atoms with Gasteiger partial charge in [-0.15, -0.1) is 0 Å². The predicted octanol–water partition coefficient (Wildman–Crippen LogP) is 2.37. The van der Waals surface area contributed by atoms with Crippen LogP contribution in [-0.4, -0.2) is 28.3 Å². The van der Waals surface area contributed by atoms with E-state index >= 15 is 0 Å². The summed E-state index contributed by atoms with van der Waals surface area (Å²) in [4.78, 5) is 23.1. The topological polar surface area (TPSA) is 104 Å². The molecule has 21 heavy (non-hydrogen) atoms. The summed E-state index contributed by atoms with van der Waals surface area (Å²) in [5.41, 5.74) is 0.319. The summed E-state index contributed by atoms with van der Waals surface area (Å²) < 4.78 is 5.04. The molecule has 1 fully saturated rings. The van der Waals surface area contributed by atoms with Gasteiger partial charge < -0.3 is 20.3 Å². The molecule has 0 aliphatic heterocycles. The summed E-state index contributed by atoms with van der Waals surface area (Å²) in [6.07, 6.45) is 5.46. The number of carboxylic acids is 1. The van der Waals surface area contributed by atoms with E-state index in [-0.39, 0.29) is 23.4 Å². The van der Waals surface area contributed by atoms with Crippen molar-refractivity contribution in [2.75, 3.05) is 0 Å². The van der Waals surface area contributed by atoms with Gasteiger partial charge in [-0.2, -0.15) is 0 Å². The second-order valence-corrected chi connectivity index (χ2v) is 5.49. The second-order valence-electron chi connectivity index (χ2n) is 5.49. The van der Waals surface area contributed by atoms with Crippen LogP contribution in [0.15, 0.2) is 4.52 Å². The molecule has 0 bridgehead atoms. The van der Waals surface area contributed by atoms with Gasteiger partial charge in [-0.05, 0) is 26.7 Å². The Kier molecular flexibility index (Phi) is 4.82. The Balaban J connectivity index is 1.96. The lowest BCUT2D eigenvalue weighted by Gasteiger charge is -2.23. The molecular weight excluding hydrogens is 274 g/mol. The van der Waals surface area contributed by atoms with E-state index in [1.807, 2.05) is 0 Å². The fourth-order valence-electron chi connectivity index (χ4n) is 2.68. The average molecular weight is 295 g/mol. The highest BCUT2D eigenvalue weighted by atomic mass is 16.5. The summed E-state index contributed by atoms with van der Waals surface area (Å²) in [5.74, 6) is -0.941. The fraction of sp³-hybridized carbons (Fsp3) is 0.643. The maximum atomic E-state index is 12.0. The molecule has 0 spiro atoms. The van der Waals surface area contributed by atoms with Crippen LogP contribution in [0, 0.1) is 6.92 Å². The van der Waals surface area contributed by atoms with Crippen molar-refractivity contribution in [3.05, 3.63) is 17.0 Å². The Labute approximate surface area is 123 Å². The normalized spacial score (nSPS) is 17.2. The van der Waals surface area contributed by atoms with Gasteiger partial charge in [0, 0.05) is 6.04 Å². The number of aromatic carboxylic acids is 1. The van der Waals surface area contributed by atoms with Crippen molar-refractivity contribution in [3.8, 4) is 0 Å². The number of nitrogens with zero attached hydrogens (tertiary/aromatic N) is 1. The van der Waals surface area contributed by atoms with E-state index in [9.17, 15) is 9.59 Å². The Morgan fingerprint density at radius 3 is 2.62 bits per heavy atom. The number of carboxylic acid groups (broad SMARTS) is 1. The van der Waals surface area contributed by atoms with Crippen molar-refractivity contribution in [1.82, 2.24) is 15.8 Å². The van der Waals surface area contributed by atoms with Gasteiger partial charge in [-0.3, -0.25) is 0 Å². The van der Waals surface area contributed by atoms with Crippen LogP contribution in [0.1, 0.15) is 66.9 Å². The summed E-state index contributed by atoms with van der Waals surface area (Å²) in [7, 11) is 0. The molecule has 116 valence electrons. The number of amides is 2. The zero-order chi connectivity index (χ0) is 15.4. The maximum Gasteiger partial charge on any atom is 0.341 e. The molecule has 1 heterocycles. The van der Waals surface area contributed by atoms with Gasteiger partial charge in [0.05, 0.1) is 11.7 Å². The van der Waals surface area contributed by atoms with Gasteiger partial charge in [0.2, 0.25) is 0 Å². The molecule has 2 amide bonds. The molecule has 0 aromatic carbocycles. The van der Waals surface area contributed by atoms with Crippen molar-refractivity contribution >= 4 is 12.0 Å². The molecule has 1 aliphatic rings. The van der Waals surface area contributed by atoms with Crippen LogP contribution in [0.3, 0.4) is 0 Å². The number of aryl methyl sites for hydroxylation is 1. The molecule has 1 atom stereocenters. The molecule has 7 heteroatoms. The molecule has 3 N–H and O–H groups in total. The van der Waals surface area contributed by atoms with Crippen LogP contribution >= 0.6 is 0 Å². The number of rotatable bonds is 4. The van der Waals surface area contributed by atoms with E-state index in [0.717, 1.165) is 25.7 Å². The minimum absolute atomic E-state index is 0.0143. The Bertz CT molecular complexity index is 520. The van der Waals surface area contributed by atoms with Gasteiger partial charge in [0.25, 0.3) is 0 Å². The van der Waals surface area contributed by atoms with E-state index in [1.165, 1.54) is 6.42 Å². The fourth-order valence-corrected chi connectivity index (χ4v) is 2.68. The first-order valence-corrected chi connectivity index (χ1v) is 7.25. The molecule has 7 nitrogen and oxygen atoms in total. The Morgan fingerprint density at radius 2 is 2.00 bits per heavy atom. The van der Waals surface area contributed by atoms with Gasteiger partial charge in [-0.25, -0.2) is 9.59 Å². The Morgan fingerprint density at radius 1 is 1.33 bits per heavy atom. The zero-order valence-corrected chi connectivity index (χ0v) is 12.3. The van der Waals surface area contributed by atoms with Crippen molar-refractivity contribution in [1.29, 1.82) is 0 Å². The highest BCUT2D eigenvalue weighted by Crippen LogP contribution is 2.21. The first-order valence-electron chi connectivity index (χ1n) is 7.25. The molecule has 1 aromatic heterocycles. The number of aromatic nitrogens is 1. The van der Waals surface area contributed by atoms with Crippen molar-refractivity contribution < 1.29 is 19.2 Å². The van der Waals surface area contributed by atoms with Crippen LogP contribution in [0.5, 0.6) is 0 Å². The average Bonchev–Trinajstić information content (AvgIpc) is 2.81. The van der Waals surface area contributed by atoms with Gasteiger partial charge in [0.1, 0.15) is 5.56 Å². The summed E-state index contributed by atoms with van der Waals surface area (Å²) in [6.45, 7) is 3.23. The van der Waals surface area contributed by atoms with E-state index in [0.29, 0.717) is 5.69 Å². The van der Waals surface area contributed by atoms with Gasteiger partial charge in [0.15, 0.2) is 5.76 Å². The van der Waals surface area contributed by atoms with Crippen LogP contribution in [0.4, 0.5) is 4.79 Å². The highest BCUT2D eigenvalue weighted by Gasteiger charge is 2.26. The molecule has 1 aliphatic carbocycles. The van der Waals surface area contributed by atoms with Crippen molar-refractivity contribution in [2.45, 2.75) is 58.0 Å². The number of hydrogen-bond acceptors (Lipinski definition) is 4. The van der Waals surface area contributed by atoms with E-state index in [4.69, 9.17) is 9.63 Å². The third-order valence-electron chi connectivity index (χ3n) is 3.78. The lowest BCUT2D eigenvalue weighted by atomic mass is 9.96. The standard InChI is InChI=1S/C14H21N3O4/c1-8-11(13(18)19)12(21-17-8)9(2)15-14(20)16-10-6-4-3-5-7-10/h9-10H,3-7H2,1-2H3,(H,18,19)(H2,15,16,20). The van der Waals surface area contributed by atoms with Crippen LogP contribution < -0.4 is 10.6 Å². The molecular formula is C14H21N3O4. The third kappa shape index (κ3) is 3.74. The lowest BCUT2D eigenvalue weighted by Crippen LogP contribution is -2.43. The second kappa shape index (κ2) is 6.60. The number of hydrogen-bond donors (Lipinski definition) is 3. The summed E-state index contributed by atoms with van der Waals surface area (Å²) in [6, 6.07) is -0.665. The SMILES string of the molecule is Cc1noc(C(C)NC(=O)NC2CCCCC2)c1C(=O)O. The number of urea groups is 1. The van der Waals surface area contributed by atoms with E-state index in [1.54, 1.807) is 13.8 Å². The summed E-state index contributed by atoms with van der Waals surface area (Å²) >= 11 is 0. The molecule has 0 saturated heterocycles. The van der Waals surface area contributed by atoms with Crippen molar-refractivity contribution in [3.63, 3.8) is 0 Å². The number of nitrogens with one attached hydrogen (secondary N) is 2. The lowest BCUT2D eigenvalue weighted by molar-refractivity contribution is 0.0692. The third-order valence-corrected chi connectivity index (χ3v) is 3.78. The molecule has 1 saturated carbocycles. The zero-order valence-electron chi connectivity index (χ0n) is 12.3. The minimum atomic E-state index is -1.11. The Hall–Kier alpha value is -2.05. The summed E-state index contributed by atoms with van der Waals surface area (Å²) in [5, 5.41) is 18.4. The van der Waals surface area contributed by atoms with Crippen LogP contribution in [0.25, 0.3) is 0 Å². The molecule has 0 radical (unpaired) electrons. The maximum absolute atomic E-state index is 12.0. The van der Waals surface area contributed by atoms with E-state index < -0.39 is 12.0 Å². The molecule has 1 aromatic rings. The van der Waals surface area contributed by atoms with Crippen LogP contribution in [-0.2, 0) is 0 Å².